The molecule has 0 bridgehead atoms. The Balaban J connectivity index is 1.60. The van der Waals surface area contributed by atoms with E-state index >= 15 is 0 Å². The first-order valence-corrected chi connectivity index (χ1v) is 20.0. The minimum Gasteiger partial charge on any atom is -0.391 e. The van der Waals surface area contributed by atoms with E-state index in [4.69, 9.17) is 10.6 Å². The van der Waals surface area contributed by atoms with E-state index in [0.29, 0.717) is 69.9 Å². The van der Waals surface area contributed by atoms with Crippen molar-refractivity contribution in [2.75, 3.05) is 26.2 Å². The lowest BCUT2D eigenvalue weighted by Gasteiger charge is -2.36. The minimum absolute atomic E-state index is 0.00600. The van der Waals surface area contributed by atoms with Crippen molar-refractivity contribution in [3.8, 4) is 0 Å². The first-order valence-electron chi connectivity index (χ1n) is 19.1. The summed E-state index contributed by atoms with van der Waals surface area (Å²) in [5, 5.41) is 23.5. The average molecular weight is 745 g/mol. The van der Waals surface area contributed by atoms with Crippen LogP contribution in [0.1, 0.15) is 95.6 Å². The maximum Gasteiger partial charge on any atom is 0.434 e. The largest absolute Gasteiger partial charge is 0.434 e. The van der Waals surface area contributed by atoms with Gasteiger partial charge in [-0.3, -0.25) is 9.59 Å². The molecule has 1 aliphatic heterocycles. The Hall–Kier alpha value is -3.69. The summed E-state index contributed by atoms with van der Waals surface area (Å²) in [5.74, 6) is -0.628. The van der Waals surface area contributed by atoms with Crippen LogP contribution in [0.4, 0.5) is 9.59 Å². The van der Waals surface area contributed by atoms with Crippen molar-refractivity contribution in [1.29, 1.82) is 0 Å². The first-order chi connectivity index (χ1) is 25.0. The fourth-order valence-corrected chi connectivity index (χ4v) is 7.79. The maximum atomic E-state index is 14.6. The van der Waals surface area contributed by atoms with Gasteiger partial charge in [0.1, 0.15) is 0 Å². The second kappa shape index (κ2) is 21.1. The van der Waals surface area contributed by atoms with E-state index in [1.807, 2.05) is 24.4 Å². The monoisotopic (exact) mass is 744 g/mol. The average Bonchev–Trinajstić information content (AvgIpc) is 3.86. The summed E-state index contributed by atoms with van der Waals surface area (Å²) in [6.45, 7) is 7.60. The van der Waals surface area contributed by atoms with Crippen LogP contribution in [-0.2, 0) is 27.3 Å². The summed E-state index contributed by atoms with van der Waals surface area (Å²) in [6.07, 6.45) is 9.39. The number of thiophene rings is 1. The number of aromatic nitrogens is 2. The molecular weight excluding hydrogens is 685 g/mol. The number of aliphatic hydroxyl groups is 1. The minimum atomic E-state index is -1.24. The van der Waals surface area contributed by atoms with Crippen molar-refractivity contribution >= 4 is 35.3 Å². The Morgan fingerprint density at radius 3 is 2.52 bits per heavy atom. The molecule has 2 aromatic rings. The molecule has 1 aliphatic carbocycles. The molecule has 2 fully saturated rings. The summed E-state index contributed by atoms with van der Waals surface area (Å²) in [7, 11) is 0. The number of piperidine rings is 1. The first kappa shape index (κ1) is 41.1. The van der Waals surface area contributed by atoms with Crippen LogP contribution in [0.3, 0.4) is 0 Å². The van der Waals surface area contributed by atoms with Crippen LogP contribution in [0.15, 0.2) is 30.0 Å². The van der Waals surface area contributed by atoms with Gasteiger partial charge in [-0.1, -0.05) is 52.0 Å². The zero-order chi connectivity index (χ0) is 37.5. The van der Waals surface area contributed by atoms with E-state index in [0.717, 1.165) is 35.6 Å². The third kappa shape index (κ3) is 13.1. The Labute approximate surface area is 312 Å². The number of hydrogen-bond donors (Lipinski definition) is 6. The molecule has 15 heteroatoms. The number of hydroxylamine groups is 2. The van der Waals surface area contributed by atoms with Gasteiger partial charge in [0.05, 0.1) is 18.5 Å². The number of nitrogens with two attached hydrogens (primary N) is 1. The van der Waals surface area contributed by atoms with Crippen molar-refractivity contribution in [2.24, 2.45) is 23.5 Å². The van der Waals surface area contributed by atoms with Crippen LogP contribution in [0.5, 0.6) is 0 Å². The van der Waals surface area contributed by atoms with E-state index < -0.39 is 36.1 Å². The highest BCUT2D eigenvalue weighted by Crippen LogP contribution is 2.30. The number of carbonyl (C=O) groups excluding carboxylic acids is 4. The van der Waals surface area contributed by atoms with E-state index in [1.165, 1.54) is 29.0 Å². The number of amides is 5. The molecule has 1 saturated carbocycles. The second-order valence-electron chi connectivity index (χ2n) is 14.7. The van der Waals surface area contributed by atoms with Crippen molar-refractivity contribution in [3.63, 3.8) is 0 Å². The zero-order valence-corrected chi connectivity index (χ0v) is 31.9. The van der Waals surface area contributed by atoms with E-state index in [2.05, 4.69) is 39.8 Å². The molecule has 4 rings (SSSR count). The third-order valence-electron chi connectivity index (χ3n) is 10.4. The number of aryl methyl sites for hydroxylation is 1. The number of rotatable bonds is 17. The topological polar surface area (TPSA) is 195 Å². The van der Waals surface area contributed by atoms with E-state index in [1.54, 1.807) is 6.20 Å². The lowest BCUT2D eigenvalue weighted by molar-refractivity contribution is -0.183. The van der Waals surface area contributed by atoms with Crippen molar-refractivity contribution in [2.45, 2.75) is 122 Å². The predicted octanol–water partition coefficient (Wildman–Crippen LogP) is 4.12. The number of carbonyl (C=O) groups is 4. The van der Waals surface area contributed by atoms with Crippen LogP contribution >= 0.6 is 11.3 Å². The number of nitrogens with zero attached hydrogens (tertiary/aromatic N) is 3. The standard InChI is InChI=1S/C37H60N8O6S/c1-4-40-36(49)41-22-27(25(2)3)20-33(46)31(19-26-9-6-5-7-10-26)43-35(48)32(21-29-23-39-24-42-29)45(34(47)13-12-30-11-8-18-52-30)51-37(50)44-16-14-28(38)15-17-44/h8,11,18,23-28,31-33,46H,4-7,9-10,12-17,19-22,38H2,1-3H3,(H,39,42)(H,43,48)(H2,40,41,49)/t27-,31+,32?,33+/m1/s1. The molecule has 1 unspecified atom stereocenters. The summed E-state index contributed by atoms with van der Waals surface area (Å²) in [5.41, 5.74) is 6.66. The van der Waals surface area contributed by atoms with Crippen LogP contribution < -0.4 is 21.7 Å². The van der Waals surface area contributed by atoms with Gasteiger partial charge in [0, 0.05) is 61.8 Å². The quantitative estimate of drug-likeness (QED) is 0.130. The molecule has 7 N–H and O–H groups in total. The number of hydrogen-bond acceptors (Lipinski definition) is 9. The Morgan fingerprint density at radius 1 is 1.13 bits per heavy atom. The maximum absolute atomic E-state index is 14.6. The molecule has 52 heavy (non-hydrogen) atoms. The molecule has 0 aromatic carbocycles. The van der Waals surface area contributed by atoms with Gasteiger partial charge < -0.3 is 41.5 Å². The van der Waals surface area contributed by atoms with Gasteiger partial charge in [0.25, 0.3) is 5.91 Å². The Bertz CT molecular complexity index is 1360. The van der Waals surface area contributed by atoms with Gasteiger partial charge >= 0.3 is 12.1 Å². The third-order valence-corrected chi connectivity index (χ3v) is 11.3. The molecule has 0 spiro atoms. The molecule has 4 atom stereocenters. The van der Waals surface area contributed by atoms with Gasteiger partial charge in [-0.2, -0.15) is 5.06 Å². The van der Waals surface area contributed by atoms with Crippen LogP contribution in [0, 0.1) is 17.8 Å². The molecule has 2 aromatic heterocycles. The van der Waals surface area contributed by atoms with Gasteiger partial charge in [-0.25, -0.2) is 14.6 Å². The van der Waals surface area contributed by atoms with Crippen LogP contribution in [0.2, 0.25) is 0 Å². The number of aromatic amines is 1. The van der Waals surface area contributed by atoms with Gasteiger partial charge in [0.15, 0.2) is 6.04 Å². The highest BCUT2D eigenvalue weighted by Gasteiger charge is 2.38. The highest BCUT2D eigenvalue weighted by atomic mass is 32.1. The summed E-state index contributed by atoms with van der Waals surface area (Å²) in [4.78, 5) is 69.9. The lowest BCUT2D eigenvalue weighted by Crippen LogP contribution is -2.57. The van der Waals surface area contributed by atoms with Crippen LogP contribution in [0.25, 0.3) is 0 Å². The van der Waals surface area contributed by atoms with E-state index in [9.17, 15) is 24.3 Å². The summed E-state index contributed by atoms with van der Waals surface area (Å²) >= 11 is 1.53. The van der Waals surface area contributed by atoms with Crippen LogP contribution in [-0.4, -0.2) is 99.4 Å². The summed E-state index contributed by atoms with van der Waals surface area (Å²) < 4.78 is 0. The smallest absolute Gasteiger partial charge is 0.391 e. The van der Waals surface area contributed by atoms with Gasteiger partial charge in [-0.05, 0) is 68.2 Å². The molecule has 5 amide bonds. The molecule has 0 radical (unpaired) electrons. The molecule has 3 heterocycles. The van der Waals surface area contributed by atoms with E-state index in [-0.39, 0.29) is 36.8 Å². The fraction of sp³-hybridized carbons (Fsp3) is 0.703. The number of nitrogens with one attached hydrogen (secondary N) is 4. The number of urea groups is 1. The second-order valence-corrected chi connectivity index (χ2v) is 15.7. The molecule has 290 valence electrons. The molecule has 1 saturated heterocycles. The van der Waals surface area contributed by atoms with Crippen molar-refractivity contribution < 1.29 is 29.1 Å². The number of aliphatic hydroxyl groups excluding tert-OH is 1. The summed E-state index contributed by atoms with van der Waals surface area (Å²) in [6, 6.07) is 1.70. The van der Waals surface area contributed by atoms with Gasteiger partial charge in [-0.15, -0.1) is 11.3 Å². The lowest BCUT2D eigenvalue weighted by atomic mass is 9.81. The van der Waals surface area contributed by atoms with Gasteiger partial charge in [0.2, 0.25) is 5.91 Å². The normalized spacial score (nSPS) is 17.9. The van der Waals surface area contributed by atoms with Crippen molar-refractivity contribution in [1.82, 2.24) is 35.9 Å². The molecule has 14 nitrogen and oxygen atoms in total. The highest BCUT2D eigenvalue weighted by molar-refractivity contribution is 7.09. The fourth-order valence-electron chi connectivity index (χ4n) is 7.08. The number of imidazole rings is 1. The Morgan fingerprint density at radius 2 is 1.88 bits per heavy atom. The predicted molar refractivity (Wildman–Crippen MR) is 200 cm³/mol. The number of likely N-dealkylation sites (tertiary alicyclic amines) is 1. The number of H-pyrrole nitrogens is 1. The Kier molecular flexibility index (Phi) is 16.7. The van der Waals surface area contributed by atoms with Crippen molar-refractivity contribution in [3.05, 3.63) is 40.6 Å². The molecular formula is C37H60N8O6S. The zero-order valence-electron chi connectivity index (χ0n) is 31.1. The SMILES string of the molecule is CCNC(=O)NC[C@@H](C[C@H](O)[C@H](CC1CCCCC1)NC(=O)C(Cc1cnc[nH]1)N(OC(=O)N1CCC(N)CC1)C(=O)CCc1cccs1)C(C)C. The molecule has 2 aliphatic rings.